The molecule has 4 heterocycles. The average Bonchev–Trinajstić information content (AvgIpc) is 3.12. The third-order valence-electron chi connectivity index (χ3n) is 5.36. The molecule has 4 rings (SSSR count). The van der Waals surface area contributed by atoms with Crippen molar-refractivity contribution in [2.24, 2.45) is 0 Å². The summed E-state index contributed by atoms with van der Waals surface area (Å²) in [6, 6.07) is 0. The smallest absolute Gasteiger partial charge is 0.262 e. The van der Waals surface area contributed by atoms with Crippen molar-refractivity contribution in [1.82, 2.24) is 19.1 Å². The Labute approximate surface area is 170 Å². The SMILES string of the molecule is Cc1sc2ncn(CCCCn3cnc4sc(C)c(C)c4c3=O)c(=O)c2c1C. The highest BCUT2D eigenvalue weighted by molar-refractivity contribution is 7.19. The Hall–Kier alpha value is -2.32. The van der Waals surface area contributed by atoms with E-state index in [9.17, 15) is 9.59 Å². The first-order valence-electron chi connectivity index (χ1n) is 9.28. The lowest BCUT2D eigenvalue weighted by Crippen LogP contribution is -2.22. The van der Waals surface area contributed by atoms with Crippen molar-refractivity contribution in [2.45, 2.75) is 53.6 Å². The van der Waals surface area contributed by atoms with Crippen LogP contribution in [0.2, 0.25) is 0 Å². The van der Waals surface area contributed by atoms with Crippen molar-refractivity contribution in [2.75, 3.05) is 0 Å². The minimum absolute atomic E-state index is 0.0245. The molecule has 0 atom stereocenters. The lowest BCUT2D eigenvalue weighted by atomic mass is 10.2. The van der Waals surface area contributed by atoms with Crippen LogP contribution in [0.1, 0.15) is 33.7 Å². The lowest BCUT2D eigenvalue weighted by molar-refractivity contribution is 0.533. The number of fused-ring (bicyclic) bond motifs is 2. The minimum Gasteiger partial charge on any atom is -0.299 e. The van der Waals surface area contributed by atoms with Gasteiger partial charge in [-0.05, 0) is 51.7 Å². The normalized spacial score (nSPS) is 11.7. The zero-order chi connectivity index (χ0) is 20.0. The summed E-state index contributed by atoms with van der Waals surface area (Å²) in [7, 11) is 0. The standard InChI is InChI=1S/C20H22N4O2S2/c1-11-13(3)27-17-15(11)19(25)23(9-21-17)7-5-6-8-24-10-22-18-16(20(24)26)12(2)14(4)28-18/h9-10H,5-8H2,1-4H3. The van der Waals surface area contributed by atoms with E-state index in [2.05, 4.69) is 9.97 Å². The van der Waals surface area contributed by atoms with Gasteiger partial charge in [-0.15, -0.1) is 22.7 Å². The fourth-order valence-electron chi connectivity index (χ4n) is 3.42. The van der Waals surface area contributed by atoms with Crippen molar-refractivity contribution < 1.29 is 0 Å². The molecular formula is C20H22N4O2S2. The summed E-state index contributed by atoms with van der Waals surface area (Å²) < 4.78 is 3.36. The Morgan fingerprint density at radius 1 is 0.750 bits per heavy atom. The topological polar surface area (TPSA) is 69.8 Å². The van der Waals surface area contributed by atoms with Crippen LogP contribution >= 0.6 is 22.7 Å². The minimum atomic E-state index is 0.0245. The predicted octanol–water partition coefficient (Wildman–Crippen LogP) is 3.94. The fraction of sp³-hybridized carbons (Fsp3) is 0.400. The van der Waals surface area contributed by atoms with Crippen LogP contribution in [0.15, 0.2) is 22.2 Å². The van der Waals surface area contributed by atoms with Crippen LogP contribution in [0.4, 0.5) is 0 Å². The maximum atomic E-state index is 12.7. The molecule has 0 radical (unpaired) electrons. The van der Waals surface area contributed by atoms with E-state index in [0.717, 1.165) is 54.2 Å². The summed E-state index contributed by atoms with van der Waals surface area (Å²) in [5, 5.41) is 1.47. The number of aryl methyl sites for hydroxylation is 6. The van der Waals surface area contributed by atoms with Crippen molar-refractivity contribution in [3.63, 3.8) is 0 Å². The van der Waals surface area contributed by atoms with Crippen LogP contribution in [0, 0.1) is 27.7 Å². The molecule has 28 heavy (non-hydrogen) atoms. The first-order chi connectivity index (χ1) is 13.4. The molecule has 6 nitrogen and oxygen atoms in total. The number of thiophene rings is 2. The summed E-state index contributed by atoms with van der Waals surface area (Å²) >= 11 is 3.13. The number of hydrogen-bond acceptors (Lipinski definition) is 6. The average molecular weight is 415 g/mol. The molecule has 0 bridgehead atoms. The zero-order valence-corrected chi connectivity index (χ0v) is 18.0. The molecule has 0 aliphatic carbocycles. The molecule has 0 N–H and O–H groups in total. The highest BCUT2D eigenvalue weighted by Crippen LogP contribution is 2.26. The number of rotatable bonds is 5. The number of unbranched alkanes of at least 4 members (excludes halogenated alkanes) is 1. The third-order valence-corrected chi connectivity index (χ3v) is 7.59. The Morgan fingerprint density at radius 2 is 1.14 bits per heavy atom. The van der Waals surface area contributed by atoms with Crippen LogP contribution < -0.4 is 11.1 Å². The maximum absolute atomic E-state index is 12.7. The Kier molecular flexibility index (Phi) is 4.93. The van der Waals surface area contributed by atoms with E-state index in [4.69, 9.17) is 0 Å². The van der Waals surface area contributed by atoms with E-state index in [0.29, 0.717) is 13.1 Å². The van der Waals surface area contributed by atoms with Gasteiger partial charge in [0.05, 0.1) is 23.4 Å². The molecule has 4 aromatic rings. The molecule has 0 fully saturated rings. The van der Waals surface area contributed by atoms with Gasteiger partial charge >= 0.3 is 0 Å². The van der Waals surface area contributed by atoms with Crippen LogP contribution in [0.5, 0.6) is 0 Å². The highest BCUT2D eigenvalue weighted by atomic mass is 32.1. The van der Waals surface area contributed by atoms with Crippen LogP contribution in [0.3, 0.4) is 0 Å². The van der Waals surface area contributed by atoms with Crippen LogP contribution in [-0.4, -0.2) is 19.1 Å². The summed E-state index contributed by atoms with van der Waals surface area (Å²) in [6.45, 7) is 9.18. The summed E-state index contributed by atoms with van der Waals surface area (Å²) in [5.41, 5.74) is 2.10. The molecule has 8 heteroatoms. The van der Waals surface area contributed by atoms with Gasteiger partial charge in [-0.2, -0.15) is 0 Å². The monoisotopic (exact) mass is 414 g/mol. The second-order valence-electron chi connectivity index (χ2n) is 7.12. The first kappa shape index (κ1) is 19.0. The Morgan fingerprint density at radius 3 is 1.54 bits per heavy atom. The van der Waals surface area contributed by atoms with Gasteiger partial charge in [0.15, 0.2) is 0 Å². The molecule has 0 aromatic carbocycles. The van der Waals surface area contributed by atoms with Gasteiger partial charge in [0, 0.05) is 22.8 Å². The largest absolute Gasteiger partial charge is 0.299 e. The van der Waals surface area contributed by atoms with Gasteiger partial charge in [0.2, 0.25) is 0 Å². The first-order valence-corrected chi connectivity index (χ1v) is 10.9. The summed E-state index contributed by atoms with van der Waals surface area (Å²) in [6.07, 6.45) is 4.86. The van der Waals surface area contributed by atoms with Crippen molar-refractivity contribution in [1.29, 1.82) is 0 Å². The number of nitrogens with zero attached hydrogens (tertiary/aromatic N) is 4. The second-order valence-corrected chi connectivity index (χ2v) is 9.53. The van der Waals surface area contributed by atoms with Gasteiger partial charge in [0.1, 0.15) is 9.66 Å². The second kappa shape index (κ2) is 7.25. The zero-order valence-electron chi connectivity index (χ0n) is 16.4. The van der Waals surface area contributed by atoms with Gasteiger partial charge in [0.25, 0.3) is 11.1 Å². The van der Waals surface area contributed by atoms with Gasteiger partial charge in [-0.1, -0.05) is 0 Å². The molecule has 0 amide bonds. The predicted molar refractivity (Wildman–Crippen MR) is 116 cm³/mol. The highest BCUT2D eigenvalue weighted by Gasteiger charge is 2.13. The number of hydrogen-bond donors (Lipinski definition) is 0. The molecule has 146 valence electrons. The van der Waals surface area contributed by atoms with Gasteiger partial charge in [-0.25, -0.2) is 9.97 Å². The van der Waals surface area contributed by atoms with E-state index in [-0.39, 0.29) is 11.1 Å². The molecule has 0 aliphatic rings. The molecule has 0 saturated carbocycles. The van der Waals surface area contributed by atoms with E-state index in [1.165, 1.54) is 0 Å². The maximum Gasteiger partial charge on any atom is 0.262 e. The van der Waals surface area contributed by atoms with E-state index >= 15 is 0 Å². The molecule has 4 aromatic heterocycles. The van der Waals surface area contributed by atoms with E-state index < -0.39 is 0 Å². The van der Waals surface area contributed by atoms with Crippen LogP contribution in [-0.2, 0) is 13.1 Å². The summed E-state index contributed by atoms with van der Waals surface area (Å²) in [5.74, 6) is 0. The van der Waals surface area contributed by atoms with E-state index in [1.807, 2.05) is 27.7 Å². The van der Waals surface area contributed by atoms with E-state index in [1.54, 1.807) is 44.5 Å². The third kappa shape index (κ3) is 3.10. The molecule has 0 unspecified atom stereocenters. The number of aromatic nitrogens is 4. The van der Waals surface area contributed by atoms with Crippen LogP contribution in [0.25, 0.3) is 20.4 Å². The molecule has 0 spiro atoms. The Bertz CT molecular complexity index is 1210. The fourth-order valence-corrected chi connectivity index (χ4v) is 5.40. The van der Waals surface area contributed by atoms with Gasteiger partial charge in [-0.3, -0.25) is 18.7 Å². The van der Waals surface area contributed by atoms with Gasteiger partial charge < -0.3 is 0 Å². The van der Waals surface area contributed by atoms with Crippen molar-refractivity contribution >= 4 is 43.1 Å². The quantitative estimate of drug-likeness (QED) is 0.464. The molecule has 0 saturated heterocycles. The molecule has 0 aliphatic heterocycles. The van der Waals surface area contributed by atoms with Crippen molar-refractivity contribution in [3.8, 4) is 0 Å². The lowest BCUT2D eigenvalue weighted by Gasteiger charge is -2.07. The summed E-state index contributed by atoms with van der Waals surface area (Å²) in [4.78, 5) is 38.2. The Balaban J connectivity index is 1.48. The molecular weight excluding hydrogens is 392 g/mol. The van der Waals surface area contributed by atoms with Crippen molar-refractivity contribution in [3.05, 3.63) is 54.2 Å².